The predicted octanol–water partition coefficient (Wildman–Crippen LogP) is 10.2. The van der Waals surface area contributed by atoms with Crippen LogP contribution in [0.15, 0.2) is 131 Å². The van der Waals surface area contributed by atoms with Crippen LogP contribution in [-0.4, -0.2) is 0 Å². The molecule has 0 saturated carbocycles. The molecule has 0 atom stereocenters. The molecule has 6 aromatic carbocycles. The maximum absolute atomic E-state index is 6.60. The van der Waals surface area contributed by atoms with Gasteiger partial charge >= 0.3 is 0 Å². The number of anilines is 2. The summed E-state index contributed by atoms with van der Waals surface area (Å²) in [6.45, 7) is 0. The summed E-state index contributed by atoms with van der Waals surface area (Å²) in [6, 6.07) is 43.1. The molecular formula is C34H21NOS. The SMILES string of the molecule is c1ccc(-c2ccc(-c3cc4c5c(c3)Oc3ccc6cccc(c6c3S5)-c3ccccc3N4)cc2)cc1. The van der Waals surface area contributed by atoms with E-state index in [1.165, 1.54) is 37.9 Å². The molecule has 0 fully saturated rings. The summed E-state index contributed by atoms with van der Waals surface area (Å²) in [4.78, 5) is 2.30. The van der Waals surface area contributed by atoms with Gasteiger partial charge in [-0.05, 0) is 57.5 Å². The Bertz CT molecular complexity index is 1840. The van der Waals surface area contributed by atoms with Gasteiger partial charge in [0, 0.05) is 16.6 Å². The second-order valence-electron chi connectivity index (χ2n) is 9.47. The molecule has 2 aliphatic rings. The first-order chi connectivity index (χ1) is 18.3. The van der Waals surface area contributed by atoms with Gasteiger partial charge in [-0.3, -0.25) is 0 Å². The predicted molar refractivity (Wildman–Crippen MR) is 154 cm³/mol. The summed E-state index contributed by atoms with van der Waals surface area (Å²) < 4.78 is 6.60. The fourth-order valence-corrected chi connectivity index (χ4v) is 6.62. The van der Waals surface area contributed by atoms with E-state index in [0.29, 0.717) is 0 Å². The van der Waals surface area contributed by atoms with Crippen molar-refractivity contribution in [1.29, 1.82) is 0 Å². The van der Waals surface area contributed by atoms with Crippen molar-refractivity contribution < 1.29 is 4.74 Å². The number of ether oxygens (including phenoxy) is 1. The van der Waals surface area contributed by atoms with Crippen molar-refractivity contribution in [3.05, 3.63) is 121 Å². The van der Waals surface area contributed by atoms with Crippen LogP contribution in [0, 0.1) is 0 Å². The van der Waals surface area contributed by atoms with Gasteiger partial charge in [0.1, 0.15) is 11.5 Å². The summed E-state index contributed by atoms with van der Waals surface area (Å²) in [7, 11) is 0. The number of benzene rings is 6. The van der Waals surface area contributed by atoms with Gasteiger partial charge in [0.25, 0.3) is 0 Å². The van der Waals surface area contributed by atoms with Gasteiger partial charge in [-0.2, -0.15) is 0 Å². The van der Waals surface area contributed by atoms with Crippen LogP contribution in [0.25, 0.3) is 44.2 Å². The maximum Gasteiger partial charge on any atom is 0.144 e. The second-order valence-corrected chi connectivity index (χ2v) is 10.5. The van der Waals surface area contributed by atoms with Crippen molar-refractivity contribution in [3.8, 4) is 44.9 Å². The molecule has 174 valence electrons. The van der Waals surface area contributed by atoms with E-state index in [4.69, 9.17) is 4.74 Å². The Hall–Kier alpha value is -4.47. The van der Waals surface area contributed by atoms with Crippen LogP contribution in [0.5, 0.6) is 11.5 Å². The molecular weight excluding hydrogens is 470 g/mol. The zero-order valence-electron chi connectivity index (χ0n) is 19.9. The lowest BCUT2D eigenvalue weighted by molar-refractivity contribution is 0.457. The first-order valence-electron chi connectivity index (χ1n) is 12.4. The molecule has 0 aliphatic carbocycles. The quantitative estimate of drug-likeness (QED) is 0.260. The monoisotopic (exact) mass is 491 g/mol. The van der Waals surface area contributed by atoms with E-state index in [-0.39, 0.29) is 0 Å². The van der Waals surface area contributed by atoms with Gasteiger partial charge in [0.05, 0.1) is 15.5 Å². The topological polar surface area (TPSA) is 21.3 Å². The zero-order valence-corrected chi connectivity index (χ0v) is 20.7. The lowest BCUT2D eigenvalue weighted by Crippen LogP contribution is -2.00. The van der Waals surface area contributed by atoms with E-state index in [9.17, 15) is 0 Å². The first-order valence-corrected chi connectivity index (χ1v) is 13.3. The van der Waals surface area contributed by atoms with Gasteiger partial charge in [-0.25, -0.2) is 0 Å². The van der Waals surface area contributed by atoms with Crippen molar-refractivity contribution in [3.63, 3.8) is 0 Å². The van der Waals surface area contributed by atoms with Gasteiger partial charge in [0.2, 0.25) is 0 Å². The lowest BCUT2D eigenvalue weighted by Gasteiger charge is -2.24. The largest absolute Gasteiger partial charge is 0.455 e. The van der Waals surface area contributed by atoms with Crippen LogP contribution in [0.4, 0.5) is 11.4 Å². The standard InChI is InChI=1S/C34H21NOS/c1-2-7-21(8-3-1)22-13-15-23(16-14-22)25-19-29-33-31(20-25)36-30-18-17-24-9-6-11-27(32(24)34(30)37-33)26-10-4-5-12-28(26)35-29/h1-20,35H. The molecule has 0 unspecified atom stereocenters. The number of nitrogens with one attached hydrogen (secondary N) is 1. The number of fused-ring (bicyclic) bond motifs is 2. The molecule has 37 heavy (non-hydrogen) atoms. The smallest absolute Gasteiger partial charge is 0.144 e. The van der Waals surface area contributed by atoms with Crippen LogP contribution in [0.3, 0.4) is 0 Å². The lowest BCUT2D eigenvalue weighted by atomic mass is 9.96. The van der Waals surface area contributed by atoms with Crippen LogP contribution in [0.1, 0.15) is 0 Å². The van der Waals surface area contributed by atoms with Gasteiger partial charge in [0.15, 0.2) is 0 Å². The van der Waals surface area contributed by atoms with Gasteiger partial charge in [-0.1, -0.05) is 109 Å². The molecule has 2 aliphatic heterocycles. The number of rotatable bonds is 2. The maximum atomic E-state index is 6.60. The molecule has 0 spiro atoms. The van der Waals surface area contributed by atoms with E-state index in [2.05, 4.69) is 127 Å². The third kappa shape index (κ3) is 3.28. The summed E-state index contributed by atoms with van der Waals surface area (Å²) in [6.07, 6.45) is 0. The molecule has 0 saturated heterocycles. The molecule has 6 aromatic rings. The summed E-state index contributed by atoms with van der Waals surface area (Å²) >= 11 is 1.80. The first kappa shape index (κ1) is 20.7. The molecule has 0 radical (unpaired) electrons. The zero-order chi connectivity index (χ0) is 24.3. The summed E-state index contributed by atoms with van der Waals surface area (Å²) in [5.41, 5.74) is 9.30. The highest BCUT2D eigenvalue weighted by molar-refractivity contribution is 8.00. The number of hydrogen-bond donors (Lipinski definition) is 1. The molecule has 2 bridgehead atoms. The Morgan fingerprint density at radius 1 is 0.486 bits per heavy atom. The third-order valence-electron chi connectivity index (χ3n) is 7.25. The van der Waals surface area contributed by atoms with E-state index in [1.54, 1.807) is 11.8 Å². The summed E-state index contributed by atoms with van der Waals surface area (Å²) in [5.74, 6) is 1.81. The van der Waals surface area contributed by atoms with Crippen molar-refractivity contribution in [2.45, 2.75) is 9.79 Å². The van der Waals surface area contributed by atoms with Gasteiger partial charge < -0.3 is 10.1 Å². The van der Waals surface area contributed by atoms with Crippen molar-refractivity contribution in [2.24, 2.45) is 0 Å². The normalized spacial score (nSPS) is 12.6. The van der Waals surface area contributed by atoms with Crippen LogP contribution < -0.4 is 10.1 Å². The number of para-hydroxylation sites is 1. The minimum absolute atomic E-state index is 0.890. The van der Waals surface area contributed by atoms with E-state index in [1.807, 2.05) is 0 Å². The highest BCUT2D eigenvalue weighted by atomic mass is 32.2. The Morgan fingerprint density at radius 2 is 1.22 bits per heavy atom. The molecule has 8 rings (SSSR count). The van der Waals surface area contributed by atoms with Crippen LogP contribution in [0.2, 0.25) is 0 Å². The molecule has 1 N–H and O–H groups in total. The van der Waals surface area contributed by atoms with Gasteiger partial charge in [-0.15, -0.1) is 0 Å². The van der Waals surface area contributed by atoms with Crippen molar-refractivity contribution in [2.75, 3.05) is 5.32 Å². The fraction of sp³-hybridized carbons (Fsp3) is 0. The molecule has 3 heteroatoms. The molecule has 0 aromatic heterocycles. The molecule has 0 amide bonds. The van der Waals surface area contributed by atoms with Crippen molar-refractivity contribution >= 4 is 33.9 Å². The Labute approximate surface area is 219 Å². The Morgan fingerprint density at radius 3 is 2.08 bits per heavy atom. The third-order valence-corrected chi connectivity index (χ3v) is 8.49. The van der Waals surface area contributed by atoms with Crippen LogP contribution >= 0.6 is 11.8 Å². The van der Waals surface area contributed by atoms with E-state index in [0.717, 1.165) is 38.9 Å². The summed E-state index contributed by atoms with van der Waals surface area (Å²) in [5, 5.41) is 6.25. The van der Waals surface area contributed by atoms with Crippen molar-refractivity contribution in [1.82, 2.24) is 0 Å². The number of hydrogen-bond acceptors (Lipinski definition) is 3. The second kappa shape index (κ2) is 8.02. The Kier molecular flexibility index (Phi) is 4.49. The average molecular weight is 492 g/mol. The highest BCUT2D eigenvalue weighted by Gasteiger charge is 2.27. The highest BCUT2D eigenvalue weighted by Crippen LogP contribution is 2.56. The Balaban J connectivity index is 1.33. The van der Waals surface area contributed by atoms with Crippen LogP contribution in [-0.2, 0) is 0 Å². The molecule has 2 heterocycles. The minimum atomic E-state index is 0.890. The average Bonchev–Trinajstić information content (AvgIpc) is 3.02. The van der Waals surface area contributed by atoms with E-state index >= 15 is 0 Å². The van der Waals surface area contributed by atoms with E-state index < -0.39 is 0 Å². The minimum Gasteiger partial charge on any atom is -0.455 e. The fourth-order valence-electron chi connectivity index (χ4n) is 5.45. The molecule has 2 nitrogen and oxygen atoms in total.